The molecule has 8 heteroatoms. The van der Waals surface area contributed by atoms with Crippen LogP contribution >= 0.6 is 11.3 Å². The maximum atomic E-state index is 10.5. The van der Waals surface area contributed by atoms with E-state index in [0.29, 0.717) is 12.4 Å². The molecule has 1 amide bonds. The zero-order valence-corrected chi connectivity index (χ0v) is 9.99. The van der Waals surface area contributed by atoms with Gasteiger partial charge in [-0.15, -0.1) is 11.3 Å². The number of nitrogens with two attached hydrogens (primary N) is 1. The smallest absolute Gasteiger partial charge is 0.245 e. The van der Waals surface area contributed by atoms with Crippen molar-refractivity contribution in [2.24, 2.45) is 5.73 Å². The molecule has 0 radical (unpaired) electrons. The fourth-order valence-electron chi connectivity index (χ4n) is 1.38. The summed E-state index contributed by atoms with van der Waals surface area (Å²) < 4.78 is 7.05. The predicted octanol–water partition coefficient (Wildman–Crippen LogP) is -0.0891. The number of rotatable bonds is 6. The average molecular weight is 256 g/mol. The van der Waals surface area contributed by atoms with Crippen molar-refractivity contribution in [3.8, 4) is 5.88 Å². The second kappa shape index (κ2) is 5.13. The highest BCUT2D eigenvalue weighted by Gasteiger charge is 2.13. The molecular formula is C9H12N4O3S. The number of fused-ring (bicyclic) bond motifs is 1. The number of primary amides is 1. The van der Waals surface area contributed by atoms with Crippen LogP contribution < -0.4 is 16.0 Å². The molecule has 0 spiro atoms. The number of methoxy groups -OCH3 is 1. The zero-order chi connectivity index (χ0) is 12.3. The Kier molecular flexibility index (Phi) is 3.57. The molecule has 2 aromatic rings. The van der Waals surface area contributed by atoms with Crippen molar-refractivity contribution in [3.05, 3.63) is 17.3 Å². The Balaban J connectivity index is 2.05. The molecule has 2 rings (SSSR count). The van der Waals surface area contributed by atoms with E-state index < -0.39 is 5.91 Å². The number of hydroxylamine groups is 1. The van der Waals surface area contributed by atoms with Crippen molar-refractivity contribution < 1.29 is 14.4 Å². The summed E-state index contributed by atoms with van der Waals surface area (Å²) in [5.41, 5.74) is 8.40. The van der Waals surface area contributed by atoms with Crippen molar-refractivity contribution in [3.63, 3.8) is 0 Å². The van der Waals surface area contributed by atoms with Crippen molar-refractivity contribution in [1.29, 1.82) is 0 Å². The molecular weight excluding hydrogens is 244 g/mol. The van der Waals surface area contributed by atoms with E-state index in [-0.39, 0.29) is 6.61 Å². The lowest BCUT2D eigenvalue weighted by atomic mass is 10.4. The van der Waals surface area contributed by atoms with Gasteiger partial charge >= 0.3 is 0 Å². The van der Waals surface area contributed by atoms with Crippen LogP contribution in [0.2, 0.25) is 0 Å². The molecule has 0 aliphatic heterocycles. The van der Waals surface area contributed by atoms with Gasteiger partial charge in [0.1, 0.15) is 12.3 Å². The number of amides is 1. The van der Waals surface area contributed by atoms with Gasteiger partial charge in [-0.3, -0.25) is 14.0 Å². The minimum absolute atomic E-state index is 0.173. The van der Waals surface area contributed by atoms with Crippen LogP contribution in [0.3, 0.4) is 0 Å². The van der Waals surface area contributed by atoms with Gasteiger partial charge in [-0.25, -0.2) is 0 Å². The molecule has 92 valence electrons. The minimum atomic E-state index is -0.529. The Labute approximate surface area is 101 Å². The first kappa shape index (κ1) is 11.8. The largest absolute Gasteiger partial charge is 0.480 e. The SMILES string of the molecule is COc1nc2sccn2c1CNOCC(N)=O. The van der Waals surface area contributed by atoms with Crippen LogP contribution in [0.1, 0.15) is 5.69 Å². The number of carbonyl (C=O) groups excluding carboxylic acids is 1. The molecule has 17 heavy (non-hydrogen) atoms. The van der Waals surface area contributed by atoms with Crippen LogP contribution in [0.15, 0.2) is 11.6 Å². The number of aromatic nitrogens is 2. The lowest BCUT2D eigenvalue weighted by Crippen LogP contribution is -2.25. The van der Waals surface area contributed by atoms with E-state index in [1.54, 1.807) is 7.11 Å². The van der Waals surface area contributed by atoms with Crippen LogP contribution in [0, 0.1) is 0 Å². The molecule has 0 bridgehead atoms. The Bertz CT molecular complexity index is 521. The first-order chi connectivity index (χ1) is 8.22. The molecule has 0 fully saturated rings. The maximum absolute atomic E-state index is 10.5. The molecule has 3 N–H and O–H groups in total. The van der Waals surface area contributed by atoms with Gasteiger partial charge in [-0.1, -0.05) is 0 Å². The number of nitrogens with one attached hydrogen (secondary N) is 1. The van der Waals surface area contributed by atoms with Gasteiger partial charge in [0, 0.05) is 11.6 Å². The van der Waals surface area contributed by atoms with Gasteiger partial charge in [-0.05, 0) is 0 Å². The summed E-state index contributed by atoms with van der Waals surface area (Å²) in [6, 6.07) is 0. The summed E-state index contributed by atoms with van der Waals surface area (Å²) in [7, 11) is 1.56. The molecule has 7 nitrogen and oxygen atoms in total. The number of carbonyl (C=O) groups is 1. The molecule has 0 unspecified atom stereocenters. The Morgan fingerprint density at radius 1 is 1.71 bits per heavy atom. The van der Waals surface area contributed by atoms with Gasteiger partial charge < -0.3 is 10.5 Å². The fourth-order valence-corrected chi connectivity index (χ4v) is 2.10. The maximum Gasteiger partial charge on any atom is 0.245 e. The topological polar surface area (TPSA) is 90.9 Å². The Hall–Kier alpha value is -1.64. The normalized spacial score (nSPS) is 10.9. The number of thiazole rings is 1. The standard InChI is InChI=1S/C9H12N4O3S/c1-15-8-6(4-11-16-5-7(10)14)13-2-3-17-9(13)12-8/h2-3,11H,4-5H2,1H3,(H2,10,14). The van der Waals surface area contributed by atoms with Gasteiger partial charge in [0.15, 0.2) is 4.96 Å². The molecule has 2 aromatic heterocycles. The van der Waals surface area contributed by atoms with Crippen molar-refractivity contribution in [2.45, 2.75) is 6.54 Å². The second-order valence-corrected chi connectivity index (χ2v) is 4.07. The molecule has 0 aliphatic rings. The number of ether oxygens (including phenoxy) is 1. The monoisotopic (exact) mass is 256 g/mol. The van der Waals surface area contributed by atoms with E-state index in [4.69, 9.17) is 15.3 Å². The van der Waals surface area contributed by atoms with Crippen LogP contribution in [0.5, 0.6) is 5.88 Å². The molecule has 0 saturated carbocycles. The van der Waals surface area contributed by atoms with Crippen molar-refractivity contribution in [1.82, 2.24) is 14.9 Å². The molecule has 0 saturated heterocycles. The lowest BCUT2D eigenvalue weighted by molar-refractivity contribution is -0.125. The van der Waals surface area contributed by atoms with E-state index >= 15 is 0 Å². The number of imidazole rings is 1. The van der Waals surface area contributed by atoms with Crippen molar-refractivity contribution >= 4 is 22.2 Å². The molecule has 2 heterocycles. The van der Waals surface area contributed by atoms with Crippen LogP contribution in [-0.4, -0.2) is 29.0 Å². The van der Waals surface area contributed by atoms with Gasteiger partial charge in [-0.2, -0.15) is 10.5 Å². The summed E-state index contributed by atoms with van der Waals surface area (Å²) in [5.74, 6) is 0.00505. The predicted molar refractivity (Wildman–Crippen MR) is 61.6 cm³/mol. The van der Waals surface area contributed by atoms with E-state index in [1.165, 1.54) is 11.3 Å². The van der Waals surface area contributed by atoms with Gasteiger partial charge in [0.05, 0.1) is 13.7 Å². The fraction of sp³-hybridized carbons (Fsp3) is 0.333. The van der Waals surface area contributed by atoms with E-state index in [9.17, 15) is 4.79 Å². The van der Waals surface area contributed by atoms with E-state index in [2.05, 4.69) is 10.5 Å². The summed E-state index contributed by atoms with van der Waals surface area (Å²) in [6.45, 7) is 0.197. The van der Waals surface area contributed by atoms with Crippen LogP contribution in [0.4, 0.5) is 0 Å². The van der Waals surface area contributed by atoms with Crippen LogP contribution in [0.25, 0.3) is 4.96 Å². The summed E-state index contributed by atoms with van der Waals surface area (Å²) in [5, 5.41) is 1.93. The van der Waals surface area contributed by atoms with Gasteiger partial charge in [0.2, 0.25) is 11.8 Å². The molecule has 0 aromatic carbocycles. The zero-order valence-electron chi connectivity index (χ0n) is 9.17. The van der Waals surface area contributed by atoms with E-state index in [1.807, 2.05) is 16.0 Å². The Morgan fingerprint density at radius 3 is 3.24 bits per heavy atom. The highest BCUT2D eigenvalue weighted by atomic mass is 32.1. The first-order valence-corrected chi connectivity index (χ1v) is 5.71. The van der Waals surface area contributed by atoms with Crippen molar-refractivity contribution in [2.75, 3.05) is 13.7 Å². The first-order valence-electron chi connectivity index (χ1n) is 4.83. The highest BCUT2D eigenvalue weighted by molar-refractivity contribution is 7.15. The number of nitrogens with zero attached hydrogens (tertiary/aromatic N) is 2. The third kappa shape index (κ3) is 2.54. The minimum Gasteiger partial charge on any atom is -0.480 e. The summed E-state index contributed by atoms with van der Waals surface area (Å²) >= 11 is 1.51. The van der Waals surface area contributed by atoms with Crippen LogP contribution in [-0.2, 0) is 16.2 Å². The third-order valence-electron chi connectivity index (χ3n) is 2.07. The molecule has 0 atom stereocenters. The number of hydrogen-bond acceptors (Lipinski definition) is 6. The third-order valence-corrected chi connectivity index (χ3v) is 2.83. The second-order valence-electron chi connectivity index (χ2n) is 3.20. The quantitative estimate of drug-likeness (QED) is 0.557. The number of hydrogen-bond donors (Lipinski definition) is 2. The average Bonchev–Trinajstić information content (AvgIpc) is 2.84. The Morgan fingerprint density at radius 2 is 2.53 bits per heavy atom. The summed E-state index contributed by atoms with van der Waals surface area (Å²) in [4.78, 5) is 20.5. The van der Waals surface area contributed by atoms with E-state index in [0.717, 1.165) is 10.7 Å². The summed E-state index contributed by atoms with van der Waals surface area (Å²) in [6.07, 6.45) is 1.89. The van der Waals surface area contributed by atoms with Gasteiger partial charge in [0.25, 0.3) is 0 Å². The lowest BCUT2D eigenvalue weighted by Gasteiger charge is -2.04. The molecule has 0 aliphatic carbocycles. The highest BCUT2D eigenvalue weighted by Crippen LogP contribution is 2.22.